The van der Waals surface area contributed by atoms with Crippen LogP contribution in [0.3, 0.4) is 0 Å². The fraction of sp³-hybridized carbons (Fsp3) is 0.605. The van der Waals surface area contributed by atoms with Crippen LogP contribution in [0.4, 0.5) is 0 Å². The van der Waals surface area contributed by atoms with Gasteiger partial charge in [-0.25, -0.2) is 0 Å². The molecule has 1 aromatic rings. The molecule has 0 bridgehead atoms. The van der Waals surface area contributed by atoms with Crippen LogP contribution in [0.5, 0.6) is 0 Å². The fourth-order valence-electron chi connectivity index (χ4n) is 5.62. The van der Waals surface area contributed by atoms with E-state index in [-0.39, 0.29) is 49.6 Å². The first-order valence-corrected chi connectivity index (χ1v) is 18.8. The van der Waals surface area contributed by atoms with Crippen molar-refractivity contribution in [2.24, 2.45) is 0 Å². The molecule has 3 rings (SSSR count). The van der Waals surface area contributed by atoms with Crippen molar-refractivity contribution in [1.82, 2.24) is 30.7 Å². The van der Waals surface area contributed by atoms with Gasteiger partial charge in [0.05, 0.1) is 72.5 Å². The summed E-state index contributed by atoms with van der Waals surface area (Å²) in [4.78, 5) is 90.8. The van der Waals surface area contributed by atoms with Crippen LogP contribution < -0.4 is 16.0 Å². The average Bonchev–Trinajstić information content (AvgIpc) is 3.49. The summed E-state index contributed by atoms with van der Waals surface area (Å²) in [6.07, 6.45) is 5.06. The van der Waals surface area contributed by atoms with Gasteiger partial charge in [0.2, 0.25) is 23.6 Å². The number of benzene rings is 1. The first kappa shape index (κ1) is 44.8. The minimum Gasteiger partial charge on any atom is -0.378 e. The molecule has 2 aliphatic rings. The maximum atomic E-state index is 13.0. The van der Waals surface area contributed by atoms with Gasteiger partial charge in [0.1, 0.15) is 11.8 Å². The summed E-state index contributed by atoms with van der Waals surface area (Å²) in [5.74, 6) is -2.28. The zero-order valence-electron chi connectivity index (χ0n) is 31.8. The summed E-state index contributed by atoms with van der Waals surface area (Å²) < 4.78 is 22.9. The van der Waals surface area contributed by atoms with E-state index in [2.05, 4.69) is 16.0 Å². The molecule has 3 N–H and O–H groups in total. The molecule has 1 atom stereocenters. The number of unbranched alkanes of at least 4 members (excludes halogenated alkanes) is 2. The van der Waals surface area contributed by atoms with Crippen LogP contribution in [0.15, 0.2) is 42.5 Å². The van der Waals surface area contributed by atoms with Gasteiger partial charge in [-0.05, 0) is 25.3 Å². The molecule has 1 saturated heterocycles. The predicted octanol–water partition coefficient (Wildman–Crippen LogP) is -0.769. The summed E-state index contributed by atoms with van der Waals surface area (Å²) >= 11 is 0. The Hall–Kier alpha value is -4.55. The molecule has 55 heavy (non-hydrogen) atoms. The number of rotatable bonds is 16. The van der Waals surface area contributed by atoms with Crippen molar-refractivity contribution >= 4 is 41.2 Å². The van der Waals surface area contributed by atoms with E-state index in [4.69, 9.17) is 18.9 Å². The van der Waals surface area contributed by atoms with Crippen LogP contribution in [0.1, 0.15) is 38.2 Å². The Morgan fingerprint density at radius 2 is 1.27 bits per heavy atom. The summed E-state index contributed by atoms with van der Waals surface area (Å²) in [7, 11) is 0. The van der Waals surface area contributed by atoms with Crippen molar-refractivity contribution in [3.8, 4) is 0 Å². The Balaban J connectivity index is 1.37. The quantitative estimate of drug-likeness (QED) is 0.140. The number of hydrogen-bond acceptors (Lipinski definition) is 12. The minimum absolute atomic E-state index is 0.0152. The molecular formula is C38H56N6O11. The molecule has 6 amide bonds. The monoisotopic (exact) mass is 772 g/mol. The van der Waals surface area contributed by atoms with E-state index in [1.807, 2.05) is 35.2 Å². The van der Waals surface area contributed by atoms with Crippen molar-refractivity contribution in [3.63, 3.8) is 0 Å². The Morgan fingerprint density at radius 1 is 0.691 bits per heavy atom. The molecule has 0 unspecified atom stereocenters. The lowest BCUT2D eigenvalue weighted by atomic mass is 10.1. The van der Waals surface area contributed by atoms with Gasteiger partial charge in [-0.1, -0.05) is 36.8 Å². The molecule has 304 valence electrons. The number of amides is 6. The molecule has 1 aromatic carbocycles. The first-order chi connectivity index (χ1) is 26.6. The maximum absolute atomic E-state index is 13.0. The standard InChI is InChI=1S/C38H56N6O11/c1-30(45)27-40-38(51)32(26-31-8-4-2-5-9-31)41-33(46)28-39-34(47)29-42-14-18-52-22-24-54-20-16-43(17-21-55-25-23-53-19-15-42)35(48)10-6-3-7-13-44-36(49)11-12-37(44)50/h2,4-5,8-9,11-12,32H,3,6-7,10,13-29H2,1H3,(H,39,47)(H,40,51)(H,41,46)/t32-/m0/s1. The molecule has 0 spiro atoms. The third-order valence-electron chi connectivity index (χ3n) is 8.64. The third kappa shape index (κ3) is 19.0. The van der Waals surface area contributed by atoms with Gasteiger partial charge in [-0.2, -0.15) is 0 Å². The topological polar surface area (TPSA) is 202 Å². The van der Waals surface area contributed by atoms with E-state index in [0.717, 1.165) is 5.56 Å². The number of imide groups is 1. The Kier molecular flexibility index (Phi) is 21.4. The lowest BCUT2D eigenvalue weighted by Gasteiger charge is -2.24. The smallest absolute Gasteiger partial charge is 0.253 e. The van der Waals surface area contributed by atoms with Crippen LogP contribution in [-0.2, 0) is 58.9 Å². The molecule has 0 aromatic heterocycles. The predicted molar refractivity (Wildman–Crippen MR) is 199 cm³/mol. The second-order valence-electron chi connectivity index (χ2n) is 13.1. The number of nitrogens with one attached hydrogen (secondary N) is 3. The van der Waals surface area contributed by atoms with Crippen molar-refractivity contribution in [2.45, 2.75) is 45.1 Å². The lowest BCUT2D eigenvalue weighted by Crippen LogP contribution is -2.51. The van der Waals surface area contributed by atoms with Gasteiger partial charge < -0.3 is 39.8 Å². The van der Waals surface area contributed by atoms with Gasteiger partial charge in [0, 0.05) is 57.7 Å². The highest BCUT2D eigenvalue weighted by atomic mass is 16.5. The SMILES string of the molecule is CC(=O)CNC(=O)[C@H](Cc1ccccc1)NC(=O)CNC(=O)CN1CCOCCOCCN(C(=O)CCCCCN2C(=O)C=CC2=O)CCOCCOCC1. The molecular weight excluding hydrogens is 716 g/mol. The zero-order valence-corrected chi connectivity index (χ0v) is 31.8. The van der Waals surface area contributed by atoms with E-state index in [0.29, 0.717) is 111 Å². The summed E-state index contributed by atoms with van der Waals surface area (Å²) in [5.41, 5.74) is 0.822. The summed E-state index contributed by atoms with van der Waals surface area (Å²) in [6.45, 7) is 5.34. The molecule has 2 aliphatic heterocycles. The van der Waals surface area contributed by atoms with E-state index in [1.54, 1.807) is 4.90 Å². The van der Waals surface area contributed by atoms with Crippen LogP contribution in [0.25, 0.3) is 0 Å². The summed E-state index contributed by atoms with van der Waals surface area (Å²) in [6, 6.07) is 8.21. The molecule has 0 saturated carbocycles. The molecule has 17 nitrogen and oxygen atoms in total. The van der Waals surface area contributed by atoms with E-state index >= 15 is 0 Å². The van der Waals surface area contributed by atoms with Gasteiger partial charge in [-0.15, -0.1) is 0 Å². The largest absolute Gasteiger partial charge is 0.378 e. The second-order valence-corrected chi connectivity index (χ2v) is 13.1. The molecule has 0 radical (unpaired) electrons. The Labute approximate surface area is 322 Å². The third-order valence-corrected chi connectivity index (χ3v) is 8.64. The normalized spacial score (nSPS) is 17.5. The van der Waals surface area contributed by atoms with Gasteiger partial charge in [-0.3, -0.25) is 43.4 Å². The number of ketones is 1. The first-order valence-electron chi connectivity index (χ1n) is 18.8. The van der Waals surface area contributed by atoms with Crippen molar-refractivity contribution in [1.29, 1.82) is 0 Å². The highest BCUT2D eigenvalue weighted by molar-refractivity contribution is 6.12. The summed E-state index contributed by atoms with van der Waals surface area (Å²) in [5, 5.41) is 7.80. The number of carbonyl (C=O) groups is 7. The molecule has 0 aliphatic carbocycles. The van der Waals surface area contributed by atoms with Gasteiger partial charge >= 0.3 is 0 Å². The van der Waals surface area contributed by atoms with Crippen molar-refractivity contribution in [3.05, 3.63) is 48.0 Å². The molecule has 17 heteroatoms. The van der Waals surface area contributed by atoms with E-state index in [1.165, 1.54) is 24.0 Å². The highest BCUT2D eigenvalue weighted by Crippen LogP contribution is 2.09. The molecule has 2 heterocycles. The number of ether oxygens (including phenoxy) is 4. The van der Waals surface area contributed by atoms with E-state index < -0.39 is 23.8 Å². The lowest BCUT2D eigenvalue weighted by molar-refractivity contribution is -0.137. The van der Waals surface area contributed by atoms with Crippen molar-refractivity contribution < 1.29 is 52.5 Å². The molecule has 1 fully saturated rings. The fourth-order valence-corrected chi connectivity index (χ4v) is 5.62. The maximum Gasteiger partial charge on any atom is 0.253 e. The number of hydrogen-bond donors (Lipinski definition) is 3. The van der Waals surface area contributed by atoms with Gasteiger partial charge in [0.15, 0.2) is 0 Å². The van der Waals surface area contributed by atoms with E-state index in [9.17, 15) is 33.6 Å². The number of Topliss-reactive ketones (excluding diaryl/α,β-unsaturated/α-hetero) is 1. The van der Waals surface area contributed by atoms with Crippen LogP contribution in [0, 0.1) is 0 Å². The Bertz CT molecular complexity index is 1390. The zero-order chi connectivity index (χ0) is 39.7. The highest BCUT2D eigenvalue weighted by Gasteiger charge is 2.23. The number of nitrogens with zero attached hydrogens (tertiary/aromatic N) is 3. The Morgan fingerprint density at radius 3 is 1.85 bits per heavy atom. The average molecular weight is 773 g/mol. The van der Waals surface area contributed by atoms with Crippen LogP contribution >= 0.6 is 0 Å². The van der Waals surface area contributed by atoms with Crippen LogP contribution in [-0.4, -0.2) is 167 Å². The van der Waals surface area contributed by atoms with Crippen LogP contribution in [0.2, 0.25) is 0 Å². The number of carbonyl (C=O) groups excluding carboxylic acids is 7. The minimum atomic E-state index is -0.936. The second kappa shape index (κ2) is 26.3. The van der Waals surface area contributed by atoms with Crippen molar-refractivity contribution in [2.75, 3.05) is 105 Å². The van der Waals surface area contributed by atoms with Gasteiger partial charge in [0.25, 0.3) is 11.8 Å².